The predicted octanol–water partition coefficient (Wildman–Crippen LogP) is 3.43. The first kappa shape index (κ1) is 14.3. The van der Waals surface area contributed by atoms with Gasteiger partial charge in [-0.05, 0) is 25.3 Å². The van der Waals surface area contributed by atoms with Crippen molar-refractivity contribution in [2.24, 2.45) is 0 Å². The molecule has 1 aromatic heterocycles. The summed E-state index contributed by atoms with van der Waals surface area (Å²) in [6, 6.07) is 12.4. The first-order valence-electron chi connectivity index (χ1n) is 7.07. The second-order valence-corrected chi connectivity index (χ2v) is 4.91. The maximum Gasteiger partial charge on any atom is 0.131 e. The lowest BCUT2D eigenvalue weighted by atomic mass is 10.0. The molecule has 1 aromatic carbocycles. The van der Waals surface area contributed by atoms with E-state index < -0.39 is 0 Å². The fourth-order valence-electron chi connectivity index (χ4n) is 2.09. The van der Waals surface area contributed by atoms with E-state index in [2.05, 4.69) is 58.7 Å². The van der Waals surface area contributed by atoms with E-state index in [4.69, 9.17) is 0 Å². The van der Waals surface area contributed by atoms with Gasteiger partial charge in [0.25, 0.3) is 0 Å². The van der Waals surface area contributed by atoms with E-state index in [9.17, 15) is 0 Å². The van der Waals surface area contributed by atoms with Crippen molar-refractivity contribution < 1.29 is 0 Å². The Kier molecular flexibility index (Phi) is 4.93. The predicted molar refractivity (Wildman–Crippen MR) is 84.3 cm³/mol. The number of benzene rings is 1. The van der Waals surface area contributed by atoms with Crippen molar-refractivity contribution in [1.29, 1.82) is 0 Å². The van der Waals surface area contributed by atoms with Gasteiger partial charge in [-0.2, -0.15) is 0 Å². The number of rotatable bonds is 6. The lowest BCUT2D eigenvalue weighted by molar-refractivity contribution is 0.799. The van der Waals surface area contributed by atoms with E-state index in [0.29, 0.717) is 5.92 Å². The summed E-state index contributed by atoms with van der Waals surface area (Å²) in [5.41, 5.74) is 1.33. The highest BCUT2D eigenvalue weighted by Gasteiger charge is 2.06. The number of aromatic nitrogens is 2. The Hall–Kier alpha value is -2.10. The van der Waals surface area contributed by atoms with Gasteiger partial charge in [0.15, 0.2) is 0 Å². The summed E-state index contributed by atoms with van der Waals surface area (Å²) in [7, 11) is 0. The zero-order chi connectivity index (χ0) is 14.4. The van der Waals surface area contributed by atoms with Gasteiger partial charge in [0.2, 0.25) is 0 Å². The summed E-state index contributed by atoms with van der Waals surface area (Å²) in [5, 5.41) is 6.61. The van der Waals surface area contributed by atoms with E-state index in [1.807, 2.05) is 19.1 Å². The minimum absolute atomic E-state index is 0.439. The smallest absolute Gasteiger partial charge is 0.131 e. The van der Waals surface area contributed by atoms with Gasteiger partial charge in [0, 0.05) is 19.2 Å². The third kappa shape index (κ3) is 3.95. The monoisotopic (exact) mass is 270 g/mol. The SMILES string of the molecule is CCNc1cc(NCC(C)c2ccccc2)nc(C)n1. The van der Waals surface area contributed by atoms with Gasteiger partial charge in [0.05, 0.1) is 0 Å². The van der Waals surface area contributed by atoms with E-state index >= 15 is 0 Å². The molecule has 0 radical (unpaired) electrons. The van der Waals surface area contributed by atoms with Crippen molar-refractivity contribution in [3.63, 3.8) is 0 Å². The number of anilines is 2. The second-order valence-electron chi connectivity index (χ2n) is 4.91. The molecule has 0 spiro atoms. The van der Waals surface area contributed by atoms with Crippen molar-refractivity contribution in [2.45, 2.75) is 26.7 Å². The van der Waals surface area contributed by atoms with Gasteiger partial charge in [0.1, 0.15) is 17.5 Å². The van der Waals surface area contributed by atoms with Crippen LogP contribution in [-0.2, 0) is 0 Å². The molecule has 0 aliphatic rings. The lowest BCUT2D eigenvalue weighted by Crippen LogP contribution is -2.12. The Morgan fingerprint density at radius 2 is 1.70 bits per heavy atom. The summed E-state index contributed by atoms with van der Waals surface area (Å²) < 4.78 is 0. The Bertz CT molecular complexity index is 539. The highest BCUT2D eigenvalue weighted by atomic mass is 15.1. The highest BCUT2D eigenvalue weighted by molar-refractivity contribution is 5.47. The second kappa shape index (κ2) is 6.89. The molecule has 0 amide bonds. The van der Waals surface area contributed by atoms with Crippen LogP contribution in [0.5, 0.6) is 0 Å². The first-order chi connectivity index (χ1) is 9.69. The zero-order valence-corrected chi connectivity index (χ0v) is 12.4. The standard InChI is InChI=1S/C16H22N4/c1-4-17-15-10-16(20-13(3)19-15)18-11-12(2)14-8-6-5-7-9-14/h5-10,12H,4,11H2,1-3H3,(H2,17,18,19,20). The topological polar surface area (TPSA) is 49.8 Å². The number of nitrogens with one attached hydrogen (secondary N) is 2. The average Bonchev–Trinajstić information content (AvgIpc) is 2.45. The minimum atomic E-state index is 0.439. The molecule has 0 aliphatic carbocycles. The van der Waals surface area contributed by atoms with Crippen LogP contribution in [0.15, 0.2) is 36.4 Å². The van der Waals surface area contributed by atoms with Gasteiger partial charge in [-0.1, -0.05) is 37.3 Å². The third-order valence-electron chi connectivity index (χ3n) is 3.15. The first-order valence-corrected chi connectivity index (χ1v) is 7.07. The fraction of sp³-hybridized carbons (Fsp3) is 0.375. The summed E-state index contributed by atoms with van der Waals surface area (Å²) in [6.45, 7) is 7.89. The molecular weight excluding hydrogens is 248 g/mol. The molecule has 2 N–H and O–H groups in total. The molecule has 106 valence electrons. The van der Waals surface area contributed by atoms with Crippen LogP contribution in [-0.4, -0.2) is 23.1 Å². The van der Waals surface area contributed by atoms with Crippen molar-refractivity contribution in [2.75, 3.05) is 23.7 Å². The normalized spacial score (nSPS) is 11.9. The van der Waals surface area contributed by atoms with Crippen LogP contribution in [0.4, 0.5) is 11.6 Å². The highest BCUT2D eigenvalue weighted by Crippen LogP contribution is 2.16. The fourth-order valence-corrected chi connectivity index (χ4v) is 2.09. The molecule has 0 fully saturated rings. The number of nitrogens with zero attached hydrogens (tertiary/aromatic N) is 2. The summed E-state index contributed by atoms with van der Waals surface area (Å²) >= 11 is 0. The number of aryl methyl sites for hydroxylation is 1. The molecule has 4 nitrogen and oxygen atoms in total. The van der Waals surface area contributed by atoms with E-state index in [1.54, 1.807) is 0 Å². The largest absolute Gasteiger partial charge is 0.370 e. The van der Waals surface area contributed by atoms with Gasteiger partial charge < -0.3 is 10.6 Å². The maximum absolute atomic E-state index is 4.42. The molecule has 0 aliphatic heterocycles. The molecule has 1 atom stereocenters. The van der Waals surface area contributed by atoms with E-state index in [0.717, 1.165) is 30.5 Å². The Balaban J connectivity index is 2.00. The molecule has 1 unspecified atom stereocenters. The van der Waals surface area contributed by atoms with E-state index in [-0.39, 0.29) is 0 Å². The van der Waals surface area contributed by atoms with Gasteiger partial charge in [-0.15, -0.1) is 0 Å². The zero-order valence-electron chi connectivity index (χ0n) is 12.4. The Labute approximate surface area is 120 Å². The maximum atomic E-state index is 4.42. The van der Waals surface area contributed by atoms with Gasteiger partial charge in [-0.3, -0.25) is 0 Å². The molecule has 4 heteroatoms. The Morgan fingerprint density at radius 3 is 2.35 bits per heavy atom. The van der Waals surface area contributed by atoms with Crippen molar-refractivity contribution in [3.05, 3.63) is 47.8 Å². The Morgan fingerprint density at radius 1 is 1.05 bits per heavy atom. The molecule has 0 bridgehead atoms. The molecule has 0 saturated carbocycles. The third-order valence-corrected chi connectivity index (χ3v) is 3.15. The van der Waals surface area contributed by atoms with E-state index in [1.165, 1.54) is 5.56 Å². The van der Waals surface area contributed by atoms with Crippen LogP contribution in [0.25, 0.3) is 0 Å². The number of hydrogen-bond donors (Lipinski definition) is 2. The van der Waals surface area contributed by atoms with Crippen molar-refractivity contribution in [3.8, 4) is 0 Å². The van der Waals surface area contributed by atoms with Crippen molar-refractivity contribution in [1.82, 2.24) is 9.97 Å². The minimum Gasteiger partial charge on any atom is -0.370 e. The molecule has 2 aromatic rings. The summed E-state index contributed by atoms with van der Waals surface area (Å²) in [4.78, 5) is 8.77. The lowest BCUT2D eigenvalue weighted by Gasteiger charge is -2.14. The molecule has 0 saturated heterocycles. The van der Waals surface area contributed by atoms with Gasteiger partial charge in [-0.25, -0.2) is 9.97 Å². The molecule has 20 heavy (non-hydrogen) atoms. The average molecular weight is 270 g/mol. The molecule has 1 heterocycles. The van der Waals surface area contributed by atoms with Crippen molar-refractivity contribution >= 4 is 11.6 Å². The summed E-state index contributed by atoms with van der Waals surface area (Å²) in [5.74, 6) is 2.96. The number of hydrogen-bond acceptors (Lipinski definition) is 4. The van der Waals surface area contributed by atoms with Crippen LogP contribution < -0.4 is 10.6 Å². The van der Waals surface area contributed by atoms with Crippen LogP contribution in [0.2, 0.25) is 0 Å². The van der Waals surface area contributed by atoms with Crippen LogP contribution in [0, 0.1) is 6.92 Å². The summed E-state index contributed by atoms with van der Waals surface area (Å²) in [6.07, 6.45) is 0. The molecular formula is C16H22N4. The molecule has 2 rings (SSSR count). The van der Waals surface area contributed by atoms with Crippen LogP contribution >= 0.6 is 0 Å². The van der Waals surface area contributed by atoms with Gasteiger partial charge >= 0.3 is 0 Å². The van der Waals surface area contributed by atoms with Crippen LogP contribution in [0.1, 0.15) is 31.2 Å². The van der Waals surface area contributed by atoms with Crippen LogP contribution in [0.3, 0.4) is 0 Å². The quantitative estimate of drug-likeness (QED) is 0.844.